The average Bonchev–Trinajstić information content (AvgIpc) is 2.73. The second-order valence-electron chi connectivity index (χ2n) is 6.23. The first-order valence-corrected chi connectivity index (χ1v) is 11.3. The fourth-order valence-electron chi connectivity index (χ4n) is 2.67. The van der Waals surface area contributed by atoms with Gasteiger partial charge in [-0.2, -0.15) is 0 Å². The van der Waals surface area contributed by atoms with Gasteiger partial charge >= 0.3 is 0 Å². The summed E-state index contributed by atoms with van der Waals surface area (Å²) >= 11 is 10.4. The SMILES string of the molecule is O=C(CO/N=C/c1cc(Br)ccc1O)N(Cc1ccccc1Br)c1ccccc1Br. The van der Waals surface area contributed by atoms with Gasteiger partial charge in [0.2, 0.25) is 0 Å². The van der Waals surface area contributed by atoms with Crippen molar-refractivity contribution in [3.63, 3.8) is 0 Å². The highest BCUT2D eigenvalue weighted by molar-refractivity contribution is 9.11. The molecule has 1 N–H and O–H groups in total. The molecule has 0 aliphatic heterocycles. The summed E-state index contributed by atoms with van der Waals surface area (Å²) in [5.74, 6) is -0.186. The lowest BCUT2D eigenvalue weighted by Gasteiger charge is -2.24. The van der Waals surface area contributed by atoms with E-state index in [1.807, 2.05) is 48.5 Å². The number of anilines is 1. The number of benzene rings is 3. The van der Waals surface area contributed by atoms with E-state index in [0.29, 0.717) is 12.1 Å². The normalized spacial score (nSPS) is 10.9. The number of amides is 1. The van der Waals surface area contributed by atoms with Crippen molar-refractivity contribution in [3.05, 3.63) is 91.3 Å². The number of hydrogen-bond donors (Lipinski definition) is 1. The molecule has 0 radical (unpaired) electrons. The molecule has 0 bridgehead atoms. The highest BCUT2D eigenvalue weighted by Gasteiger charge is 2.20. The first kappa shape index (κ1) is 22.5. The van der Waals surface area contributed by atoms with E-state index in [2.05, 4.69) is 52.9 Å². The van der Waals surface area contributed by atoms with Gasteiger partial charge < -0.3 is 14.8 Å². The molecule has 0 aliphatic rings. The number of carbonyl (C=O) groups is 1. The van der Waals surface area contributed by atoms with Crippen LogP contribution in [-0.2, 0) is 16.2 Å². The van der Waals surface area contributed by atoms with Gasteiger partial charge in [0.15, 0.2) is 6.61 Å². The van der Waals surface area contributed by atoms with Gasteiger partial charge in [-0.05, 0) is 57.9 Å². The zero-order chi connectivity index (χ0) is 21.5. The second-order valence-corrected chi connectivity index (χ2v) is 8.86. The molecule has 1 amide bonds. The van der Waals surface area contributed by atoms with E-state index in [9.17, 15) is 9.90 Å². The van der Waals surface area contributed by atoms with Crippen LogP contribution in [0.5, 0.6) is 5.75 Å². The summed E-state index contributed by atoms with van der Waals surface area (Å²) < 4.78 is 2.51. The molecular weight excluding hydrogens is 580 g/mol. The zero-order valence-corrected chi connectivity index (χ0v) is 20.4. The number of hydrogen-bond acceptors (Lipinski definition) is 4. The summed E-state index contributed by atoms with van der Waals surface area (Å²) in [6, 6.07) is 20.2. The molecule has 3 rings (SSSR count). The first-order valence-electron chi connectivity index (χ1n) is 8.88. The van der Waals surface area contributed by atoms with Gasteiger partial charge in [0.25, 0.3) is 5.91 Å². The van der Waals surface area contributed by atoms with Gasteiger partial charge in [-0.1, -0.05) is 67.3 Å². The molecule has 8 heteroatoms. The van der Waals surface area contributed by atoms with E-state index in [4.69, 9.17) is 4.84 Å². The van der Waals surface area contributed by atoms with Gasteiger partial charge in [0.05, 0.1) is 18.4 Å². The third-order valence-electron chi connectivity index (χ3n) is 4.17. The van der Waals surface area contributed by atoms with Crippen LogP contribution in [0.25, 0.3) is 0 Å². The number of halogens is 3. The standard InChI is InChI=1S/C22H17Br3N2O3/c23-17-9-10-21(28)16(11-17)12-26-30-14-22(29)27(20-8-4-3-7-19(20)25)13-15-5-1-2-6-18(15)24/h1-12,28H,13-14H2/b26-12+. The molecule has 30 heavy (non-hydrogen) atoms. The Kier molecular flexibility index (Phi) is 8.07. The Hall–Kier alpha value is -2.16. The van der Waals surface area contributed by atoms with Crippen LogP contribution < -0.4 is 4.90 Å². The Morgan fingerprint density at radius 3 is 2.43 bits per heavy atom. The number of phenols is 1. The number of oxime groups is 1. The van der Waals surface area contributed by atoms with Crippen LogP contribution >= 0.6 is 47.8 Å². The Morgan fingerprint density at radius 2 is 1.70 bits per heavy atom. The predicted molar refractivity (Wildman–Crippen MR) is 129 cm³/mol. The lowest BCUT2D eigenvalue weighted by atomic mass is 10.2. The molecule has 0 aliphatic carbocycles. The van der Waals surface area contributed by atoms with Crippen molar-refractivity contribution < 1.29 is 14.7 Å². The lowest BCUT2D eigenvalue weighted by Crippen LogP contribution is -2.33. The van der Waals surface area contributed by atoms with Crippen molar-refractivity contribution in [2.75, 3.05) is 11.5 Å². The highest BCUT2D eigenvalue weighted by Crippen LogP contribution is 2.29. The van der Waals surface area contributed by atoms with Crippen LogP contribution in [0.15, 0.2) is 85.3 Å². The Morgan fingerprint density at radius 1 is 1.00 bits per heavy atom. The molecule has 0 saturated carbocycles. The summed E-state index contributed by atoms with van der Waals surface area (Å²) in [5.41, 5.74) is 2.17. The zero-order valence-electron chi connectivity index (χ0n) is 15.6. The maximum Gasteiger partial charge on any atom is 0.268 e. The van der Waals surface area contributed by atoms with E-state index in [-0.39, 0.29) is 18.3 Å². The minimum atomic E-state index is -0.256. The Bertz CT molecular complexity index is 1070. The summed E-state index contributed by atoms with van der Waals surface area (Å²) in [4.78, 5) is 19.8. The number of phenolic OH excluding ortho intramolecular Hbond substituents is 1. The summed E-state index contributed by atoms with van der Waals surface area (Å²) in [5, 5.41) is 13.7. The molecule has 3 aromatic carbocycles. The molecule has 0 heterocycles. The number of rotatable bonds is 7. The van der Waals surface area contributed by atoms with Crippen LogP contribution in [0, 0.1) is 0 Å². The lowest BCUT2D eigenvalue weighted by molar-refractivity contribution is -0.123. The van der Waals surface area contributed by atoms with Crippen LogP contribution in [0.3, 0.4) is 0 Å². The summed E-state index contributed by atoms with van der Waals surface area (Å²) in [6.45, 7) is 0.111. The quantitative estimate of drug-likeness (QED) is 0.259. The molecule has 0 aromatic heterocycles. The Labute approximate surface area is 199 Å². The van der Waals surface area contributed by atoms with E-state index in [1.165, 1.54) is 6.21 Å². The maximum absolute atomic E-state index is 13.0. The molecule has 0 saturated heterocycles. The number of nitrogens with zero attached hydrogens (tertiary/aromatic N) is 2. The van der Waals surface area contributed by atoms with E-state index < -0.39 is 0 Å². The topological polar surface area (TPSA) is 62.1 Å². The van der Waals surface area contributed by atoms with Crippen LogP contribution in [0.4, 0.5) is 5.69 Å². The molecule has 0 atom stereocenters. The van der Waals surface area contributed by atoms with Crippen LogP contribution in [0.2, 0.25) is 0 Å². The molecule has 0 fully saturated rings. The van der Waals surface area contributed by atoms with Gasteiger partial charge in [0, 0.05) is 19.0 Å². The van der Waals surface area contributed by atoms with Crippen molar-refractivity contribution >= 4 is 65.6 Å². The van der Waals surface area contributed by atoms with Crippen molar-refractivity contribution in [1.29, 1.82) is 0 Å². The van der Waals surface area contributed by atoms with Crippen molar-refractivity contribution in [2.45, 2.75) is 6.54 Å². The monoisotopic (exact) mass is 594 g/mol. The molecule has 0 unspecified atom stereocenters. The Balaban J connectivity index is 1.75. The molecule has 154 valence electrons. The van der Waals surface area contributed by atoms with E-state index in [0.717, 1.165) is 24.7 Å². The molecule has 3 aromatic rings. The third-order valence-corrected chi connectivity index (χ3v) is 6.11. The fraction of sp³-hybridized carbons (Fsp3) is 0.0909. The number of carbonyl (C=O) groups excluding carboxylic acids is 1. The minimum Gasteiger partial charge on any atom is -0.507 e. The average molecular weight is 597 g/mol. The molecular formula is C22H17Br3N2O3. The van der Waals surface area contributed by atoms with E-state index >= 15 is 0 Å². The fourth-order valence-corrected chi connectivity index (χ4v) is 3.96. The van der Waals surface area contributed by atoms with Crippen LogP contribution in [-0.4, -0.2) is 23.8 Å². The van der Waals surface area contributed by atoms with Crippen molar-refractivity contribution in [2.24, 2.45) is 5.16 Å². The maximum atomic E-state index is 13.0. The highest BCUT2D eigenvalue weighted by atomic mass is 79.9. The second kappa shape index (κ2) is 10.7. The first-order chi connectivity index (χ1) is 14.5. The van der Waals surface area contributed by atoms with Crippen molar-refractivity contribution in [3.8, 4) is 5.75 Å². The van der Waals surface area contributed by atoms with Gasteiger partial charge in [0.1, 0.15) is 5.75 Å². The predicted octanol–water partition coefficient (Wildman–Crippen LogP) is 6.26. The molecule has 0 spiro atoms. The molecule has 5 nitrogen and oxygen atoms in total. The van der Waals surface area contributed by atoms with Crippen molar-refractivity contribution in [1.82, 2.24) is 0 Å². The minimum absolute atomic E-state index is 0.0700. The smallest absolute Gasteiger partial charge is 0.268 e. The van der Waals surface area contributed by atoms with Gasteiger partial charge in [-0.3, -0.25) is 4.79 Å². The van der Waals surface area contributed by atoms with Crippen LogP contribution in [0.1, 0.15) is 11.1 Å². The van der Waals surface area contributed by atoms with E-state index in [1.54, 1.807) is 23.1 Å². The largest absolute Gasteiger partial charge is 0.507 e. The number of aromatic hydroxyl groups is 1. The summed E-state index contributed by atoms with van der Waals surface area (Å²) in [7, 11) is 0. The number of para-hydroxylation sites is 1. The summed E-state index contributed by atoms with van der Waals surface area (Å²) in [6.07, 6.45) is 1.37. The van der Waals surface area contributed by atoms with Gasteiger partial charge in [-0.15, -0.1) is 0 Å². The van der Waals surface area contributed by atoms with Gasteiger partial charge in [-0.25, -0.2) is 0 Å². The third kappa shape index (κ3) is 5.93.